The Hall–Kier alpha value is -3.49. The second kappa shape index (κ2) is 8.80. The van der Waals surface area contributed by atoms with Crippen molar-refractivity contribution < 1.29 is 24.0 Å². The van der Waals surface area contributed by atoms with Crippen LogP contribution in [0.1, 0.15) is 30.4 Å². The van der Waals surface area contributed by atoms with Gasteiger partial charge in [0.25, 0.3) is 5.91 Å². The van der Waals surface area contributed by atoms with E-state index < -0.39 is 23.6 Å². The first-order chi connectivity index (χ1) is 16.1. The van der Waals surface area contributed by atoms with Crippen LogP contribution >= 0.6 is 0 Å². The van der Waals surface area contributed by atoms with Crippen LogP contribution in [0.2, 0.25) is 0 Å². The van der Waals surface area contributed by atoms with E-state index in [0.717, 1.165) is 37.1 Å². The third-order valence-electron chi connectivity index (χ3n) is 6.46. The molecule has 3 aromatic rings. The van der Waals surface area contributed by atoms with Gasteiger partial charge in [0.2, 0.25) is 5.60 Å². The maximum Gasteiger partial charge on any atom is 0.348 e. The molecule has 33 heavy (non-hydrogen) atoms. The minimum Gasteiger partial charge on any atom is -0.450 e. The van der Waals surface area contributed by atoms with Crippen molar-refractivity contribution >= 4 is 17.7 Å². The highest BCUT2D eigenvalue weighted by Gasteiger charge is 2.50. The molecule has 2 heterocycles. The predicted octanol–water partition coefficient (Wildman–Crippen LogP) is 2.83. The van der Waals surface area contributed by atoms with E-state index in [2.05, 4.69) is 15.8 Å². The molecular weight excluding hydrogens is 422 g/mol. The van der Waals surface area contributed by atoms with E-state index in [0.29, 0.717) is 17.5 Å². The molecule has 3 N–H and O–H groups in total. The van der Waals surface area contributed by atoms with Gasteiger partial charge >= 0.3 is 5.97 Å². The zero-order chi connectivity index (χ0) is 22.8. The number of carbonyl (C=O) groups excluding carboxylic acids is 2. The Bertz CT molecular complexity index is 1110. The van der Waals surface area contributed by atoms with Crippen LogP contribution in [0.3, 0.4) is 0 Å². The Morgan fingerprint density at radius 2 is 1.73 bits per heavy atom. The van der Waals surface area contributed by atoms with Crippen molar-refractivity contribution in [1.29, 1.82) is 0 Å². The Labute approximate surface area is 190 Å². The number of ether oxygens (including phenoxy) is 1. The fraction of sp³-hybridized carbons (Fsp3) is 0.320. The van der Waals surface area contributed by atoms with Gasteiger partial charge in [0, 0.05) is 17.2 Å². The first-order valence-electron chi connectivity index (χ1n) is 11.1. The van der Waals surface area contributed by atoms with Crippen LogP contribution < -0.4 is 10.6 Å². The molecule has 0 bridgehead atoms. The summed E-state index contributed by atoms with van der Waals surface area (Å²) in [6.45, 7) is 1.70. The van der Waals surface area contributed by atoms with Gasteiger partial charge < -0.3 is 25.0 Å². The van der Waals surface area contributed by atoms with Gasteiger partial charge in [-0.05, 0) is 49.4 Å². The largest absolute Gasteiger partial charge is 0.450 e. The first kappa shape index (κ1) is 21.4. The molecule has 8 heteroatoms. The number of aliphatic hydroxyl groups is 1. The number of amides is 1. The number of anilines is 1. The molecule has 0 spiro atoms. The van der Waals surface area contributed by atoms with E-state index in [1.165, 1.54) is 12.3 Å². The van der Waals surface area contributed by atoms with Gasteiger partial charge in [-0.25, -0.2) is 4.79 Å². The normalized spacial score (nSPS) is 17.6. The number of hydrogen-bond acceptors (Lipinski definition) is 7. The number of hydrogen-bond donors (Lipinski definition) is 3. The van der Waals surface area contributed by atoms with Gasteiger partial charge in [0.15, 0.2) is 11.9 Å². The average Bonchev–Trinajstić information content (AvgIpc) is 3.45. The number of aromatic nitrogens is 1. The fourth-order valence-corrected chi connectivity index (χ4v) is 4.76. The predicted molar refractivity (Wildman–Crippen MR) is 120 cm³/mol. The van der Waals surface area contributed by atoms with Gasteiger partial charge in [-0.1, -0.05) is 53.7 Å². The molecule has 2 aromatic carbocycles. The highest BCUT2D eigenvalue weighted by molar-refractivity contribution is 5.99. The molecule has 170 valence electrons. The van der Waals surface area contributed by atoms with E-state index in [9.17, 15) is 14.7 Å². The highest BCUT2D eigenvalue weighted by Crippen LogP contribution is 2.48. The number of nitrogens with zero attached hydrogens (tertiary/aromatic N) is 1. The molecule has 0 saturated carbocycles. The molecule has 1 amide bonds. The Kier molecular flexibility index (Phi) is 5.70. The van der Waals surface area contributed by atoms with Crippen LogP contribution in [-0.4, -0.2) is 41.3 Å². The van der Waals surface area contributed by atoms with Gasteiger partial charge in [0.1, 0.15) is 6.26 Å². The smallest absolute Gasteiger partial charge is 0.348 e. The second-order valence-corrected chi connectivity index (χ2v) is 8.50. The van der Waals surface area contributed by atoms with Gasteiger partial charge in [0.05, 0.1) is 0 Å². The van der Waals surface area contributed by atoms with Crippen LogP contribution in [0.4, 0.5) is 5.82 Å². The van der Waals surface area contributed by atoms with Crippen molar-refractivity contribution in [2.45, 2.75) is 31.0 Å². The summed E-state index contributed by atoms with van der Waals surface area (Å²) in [5.41, 5.74) is 0.458. The Morgan fingerprint density at radius 3 is 2.33 bits per heavy atom. The lowest BCUT2D eigenvalue weighted by atomic mass is 9.90. The summed E-state index contributed by atoms with van der Waals surface area (Å²) >= 11 is 0. The minimum atomic E-state index is -1.99. The number of carbonyl (C=O) groups is 2. The zero-order valence-electron chi connectivity index (χ0n) is 18.0. The lowest BCUT2D eigenvalue weighted by molar-refractivity contribution is -0.171. The number of nitrogens with one attached hydrogen (secondary N) is 2. The van der Waals surface area contributed by atoms with E-state index >= 15 is 0 Å². The third kappa shape index (κ3) is 3.92. The van der Waals surface area contributed by atoms with Crippen LogP contribution in [0, 0.1) is 5.92 Å². The summed E-state index contributed by atoms with van der Waals surface area (Å²) in [6, 6.07) is 15.9. The lowest BCUT2D eigenvalue weighted by Gasteiger charge is -2.29. The number of rotatable bonds is 6. The van der Waals surface area contributed by atoms with Crippen molar-refractivity contribution in [3.63, 3.8) is 0 Å². The maximum atomic E-state index is 13.6. The summed E-state index contributed by atoms with van der Waals surface area (Å²) in [5.74, 6) is -0.917. The van der Waals surface area contributed by atoms with E-state index in [-0.39, 0.29) is 11.7 Å². The SMILES string of the molecule is O=C(Nc1ccon1)C(CC1CCNCC1)OC(=O)C1(O)c2ccccc2-c2ccccc21. The molecule has 2 aliphatic rings. The van der Waals surface area contributed by atoms with Gasteiger partial charge in [-0.3, -0.25) is 4.79 Å². The topological polar surface area (TPSA) is 114 Å². The van der Waals surface area contributed by atoms with Crippen molar-refractivity contribution in [2.75, 3.05) is 18.4 Å². The summed E-state index contributed by atoms with van der Waals surface area (Å²) in [7, 11) is 0. The second-order valence-electron chi connectivity index (χ2n) is 8.50. The van der Waals surface area contributed by atoms with Crippen molar-refractivity contribution in [3.8, 4) is 11.1 Å². The fourth-order valence-electron chi connectivity index (χ4n) is 4.76. The molecule has 1 aliphatic carbocycles. The van der Waals surface area contributed by atoms with Gasteiger partial charge in [-0.15, -0.1) is 0 Å². The van der Waals surface area contributed by atoms with E-state index in [1.807, 2.05) is 24.3 Å². The zero-order valence-corrected chi connectivity index (χ0v) is 18.0. The minimum absolute atomic E-state index is 0.213. The molecule has 1 fully saturated rings. The van der Waals surface area contributed by atoms with Gasteiger partial charge in [-0.2, -0.15) is 0 Å². The maximum absolute atomic E-state index is 13.6. The quantitative estimate of drug-likeness (QED) is 0.498. The van der Waals surface area contributed by atoms with Crippen molar-refractivity contribution in [1.82, 2.24) is 10.5 Å². The Morgan fingerprint density at radius 1 is 1.09 bits per heavy atom. The molecule has 1 aromatic heterocycles. The van der Waals surface area contributed by atoms with Crippen LogP contribution in [0.15, 0.2) is 65.4 Å². The molecule has 8 nitrogen and oxygen atoms in total. The van der Waals surface area contributed by atoms with Crippen molar-refractivity contribution in [2.24, 2.45) is 5.92 Å². The highest BCUT2D eigenvalue weighted by atomic mass is 16.6. The molecule has 1 unspecified atom stereocenters. The summed E-state index contributed by atoms with van der Waals surface area (Å²) in [4.78, 5) is 26.6. The summed E-state index contributed by atoms with van der Waals surface area (Å²) in [6.07, 6.45) is 2.37. The molecule has 1 atom stereocenters. The standard InChI is InChI=1S/C25H25N3O5/c29-23(27-22-11-14-32-28-22)21(15-16-9-12-26-13-10-16)33-24(30)25(31)19-7-3-1-5-17(19)18-6-2-4-8-20(18)25/h1-8,11,14,16,21,26,31H,9-10,12-13,15H2,(H,27,28,29). The number of benzene rings is 2. The van der Waals surface area contributed by atoms with E-state index in [1.54, 1.807) is 24.3 Å². The number of esters is 1. The van der Waals surface area contributed by atoms with Crippen LogP contribution in [-0.2, 0) is 19.9 Å². The van der Waals surface area contributed by atoms with Crippen LogP contribution in [0.5, 0.6) is 0 Å². The van der Waals surface area contributed by atoms with Crippen molar-refractivity contribution in [3.05, 3.63) is 72.0 Å². The molecule has 1 aliphatic heterocycles. The molecular formula is C25H25N3O5. The third-order valence-corrected chi connectivity index (χ3v) is 6.46. The molecule has 0 radical (unpaired) electrons. The number of piperidine rings is 1. The average molecular weight is 447 g/mol. The summed E-state index contributed by atoms with van der Waals surface area (Å²) in [5, 5.41) is 21.4. The van der Waals surface area contributed by atoms with E-state index in [4.69, 9.17) is 9.26 Å². The van der Waals surface area contributed by atoms with Crippen LogP contribution in [0.25, 0.3) is 11.1 Å². The lowest BCUT2D eigenvalue weighted by Crippen LogP contribution is -2.43. The first-order valence-corrected chi connectivity index (χ1v) is 11.1. The molecule has 5 rings (SSSR count). The Balaban J connectivity index is 1.44. The molecule has 1 saturated heterocycles. The monoisotopic (exact) mass is 447 g/mol. The number of fused-ring (bicyclic) bond motifs is 3. The summed E-state index contributed by atoms with van der Waals surface area (Å²) < 4.78 is 10.6.